The Morgan fingerprint density at radius 3 is 2.28 bits per heavy atom. The summed E-state index contributed by atoms with van der Waals surface area (Å²) in [6.07, 6.45) is 1.18. The van der Waals surface area contributed by atoms with Gasteiger partial charge in [0.15, 0.2) is 17.6 Å². The van der Waals surface area contributed by atoms with Crippen molar-refractivity contribution in [2.45, 2.75) is 45.8 Å². The fraction of sp³-hybridized carbons (Fsp3) is 0.500. The first kappa shape index (κ1) is 14.4. The summed E-state index contributed by atoms with van der Waals surface area (Å²) in [5, 5.41) is 8.83. The van der Waals surface area contributed by atoms with Crippen LogP contribution >= 0.6 is 0 Å². The van der Waals surface area contributed by atoms with Gasteiger partial charge >= 0.3 is 5.97 Å². The van der Waals surface area contributed by atoms with Crippen molar-refractivity contribution in [1.29, 1.82) is 0 Å². The second-order valence-corrected chi connectivity index (χ2v) is 4.26. The molecule has 0 amide bonds. The van der Waals surface area contributed by atoms with Crippen molar-refractivity contribution >= 4 is 5.97 Å². The number of carbonyl (C=O) groups is 1. The van der Waals surface area contributed by atoms with Gasteiger partial charge in [-0.15, -0.1) is 0 Å². The molecule has 0 spiro atoms. The van der Waals surface area contributed by atoms with E-state index in [2.05, 4.69) is 6.92 Å². The lowest BCUT2D eigenvalue weighted by atomic mass is 10.2. The molecule has 0 saturated heterocycles. The van der Waals surface area contributed by atoms with Crippen LogP contribution in [0.4, 0.5) is 0 Å². The van der Waals surface area contributed by atoms with Gasteiger partial charge in [-0.25, -0.2) is 4.79 Å². The van der Waals surface area contributed by atoms with E-state index in [0.717, 1.165) is 12.8 Å². The number of hydrogen-bond donors (Lipinski definition) is 1. The maximum Gasteiger partial charge on any atom is 0.344 e. The molecule has 0 radical (unpaired) electrons. The molecule has 100 valence electrons. The second kappa shape index (κ2) is 6.89. The molecule has 4 heteroatoms. The van der Waals surface area contributed by atoms with E-state index in [1.54, 1.807) is 18.2 Å². The van der Waals surface area contributed by atoms with Crippen molar-refractivity contribution in [1.82, 2.24) is 0 Å². The molecule has 0 bridgehead atoms. The van der Waals surface area contributed by atoms with E-state index in [1.807, 2.05) is 13.0 Å². The Hall–Kier alpha value is -1.71. The number of ether oxygens (including phenoxy) is 2. The summed E-state index contributed by atoms with van der Waals surface area (Å²) >= 11 is 0. The third-order valence-electron chi connectivity index (χ3n) is 2.52. The second-order valence-electron chi connectivity index (χ2n) is 4.26. The summed E-state index contributed by atoms with van der Waals surface area (Å²) < 4.78 is 11.1. The number of para-hydroxylation sites is 2. The first-order valence-electron chi connectivity index (χ1n) is 6.19. The molecule has 0 saturated carbocycles. The Balaban J connectivity index is 2.76. The van der Waals surface area contributed by atoms with Gasteiger partial charge in [-0.1, -0.05) is 25.5 Å². The van der Waals surface area contributed by atoms with Crippen LogP contribution in [0.1, 0.15) is 33.6 Å². The van der Waals surface area contributed by atoms with E-state index in [1.165, 1.54) is 6.92 Å². The highest BCUT2D eigenvalue weighted by atomic mass is 16.5. The molecule has 2 atom stereocenters. The highest BCUT2D eigenvalue weighted by Gasteiger charge is 2.16. The molecule has 1 aromatic carbocycles. The van der Waals surface area contributed by atoms with Crippen LogP contribution in [0.2, 0.25) is 0 Å². The molecular formula is C14H20O4. The first-order valence-corrected chi connectivity index (χ1v) is 6.19. The van der Waals surface area contributed by atoms with Gasteiger partial charge in [0, 0.05) is 0 Å². The molecular weight excluding hydrogens is 232 g/mol. The average molecular weight is 252 g/mol. The number of carboxylic acids is 1. The lowest BCUT2D eigenvalue weighted by Gasteiger charge is -2.18. The molecule has 0 fully saturated rings. The summed E-state index contributed by atoms with van der Waals surface area (Å²) in [5.41, 5.74) is 0. The minimum absolute atomic E-state index is 0.0832. The van der Waals surface area contributed by atoms with Crippen LogP contribution in [-0.4, -0.2) is 23.3 Å². The monoisotopic (exact) mass is 252 g/mol. The summed E-state index contributed by atoms with van der Waals surface area (Å²) in [5.74, 6) is 0.0633. The largest absolute Gasteiger partial charge is 0.487 e. The topological polar surface area (TPSA) is 55.8 Å². The van der Waals surface area contributed by atoms with Gasteiger partial charge < -0.3 is 14.6 Å². The predicted molar refractivity (Wildman–Crippen MR) is 69.2 cm³/mol. The Morgan fingerprint density at radius 1 is 1.22 bits per heavy atom. The molecule has 0 aliphatic heterocycles. The third-order valence-corrected chi connectivity index (χ3v) is 2.52. The molecule has 2 unspecified atom stereocenters. The van der Waals surface area contributed by atoms with Crippen LogP contribution in [0, 0.1) is 0 Å². The minimum Gasteiger partial charge on any atom is -0.487 e. The smallest absolute Gasteiger partial charge is 0.344 e. The molecule has 0 aromatic heterocycles. The van der Waals surface area contributed by atoms with Crippen LogP contribution in [0.15, 0.2) is 24.3 Å². The van der Waals surface area contributed by atoms with Crippen LogP contribution in [0.3, 0.4) is 0 Å². The molecule has 0 aliphatic rings. The summed E-state index contributed by atoms with van der Waals surface area (Å²) in [7, 11) is 0. The quantitative estimate of drug-likeness (QED) is 0.810. The van der Waals surface area contributed by atoms with Gasteiger partial charge in [0.2, 0.25) is 0 Å². The van der Waals surface area contributed by atoms with E-state index in [4.69, 9.17) is 14.6 Å². The fourth-order valence-corrected chi connectivity index (χ4v) is 1.57. The van der Waals surface area contributed by atoms with Crippen molar-refractivity contribution in [3.05, 3.63) is 24.3 Å². The average Bonchev–Trinajstić information content (AvgIpc) is 2.31. The van der Waals surface area contributed by atoms with E-state index >= 15 is 0 Å². The van der Waals surface area contributed by atoms with Gasteiger partial charge in [-0.2, -0.15) is 0 Å². The predicted octanol–water partition coefficient (Wildman–Crippen LogP) is 3.11. The van der Waals surface area contributed by atoms with Crippen LogP contribution in [-0.2, 0) is 4.79 Å². The van der Waals surface area contributed by atoms with Crippen molar-refractivity contribution in [2.75, 3.05) is 0 Å². The lowest BCUT2D eigenvalue weighted by Crippen LogP contribution is -2.23. The van der Waals surface area contributed by atoms with Gasteiger partial charge in [-0.05, 0) is 32.4 Å². The number of rotatable bonds is 7. The molecule has 1 N–H and O–H groups in total. The maximum atomic E-state index is 10.8. The zero-order chi connectivity index (χ0) is 13.5. The molecule has 1 aromatic rings. The fourth-order valence-electron chi connectivity index (χ4n) is 1.57. The Kier molecular flexibility index (Phi) is 5.49. The van der Waals surface area contributed by atoms with Crippen molar-refractivity contribution in [3.63, 3.8) is 0 Å². The van der Waals surface area contributed by atoms with Crippen molar-refractivity contribution in [2.24, 2.45) is 0 Å². The highest BCUT2D eigenvalue weighted by Crippen LogP contribution is 2.28. The number of carboxylic acid groups (broad SMARTS) is 1. The van der Waals surface area contributed by atoms with Gasteiger partial charge in [-0.3, -0.25) is 0 Å². The zero-order valence-electron chi connectivity index (χ0n) is 11.1. The lowest BCUT2D eigenvalue weighted by molar-refractivity contribution is -0.144. The Labute approximate surface area is 108 Å². The number of benzene rings is 1. The summed E-state index contributed by atoms with van der Waals surface area (Å²) in [6.45, 7) is 5.57. The standard InChI is InChI=1S/C14H20O4/c1-4-7-10(2)17-12-8-5-6-9-13(12)18-11(3)14(15)16/h5-6,8-11H,4,7H2,1-3H3,(H,15,16). The van der Waals surface area contributed by atoms with Gasteiger partial charge in [0.05, 0.1) is 6.10 Å². The van der Waals surface area contributed by atoms with Crippen LogP contribution in [0.5, 0.6) is 11.5 Å². The summed E-state index contributed by atoms with van der Waals surface area (Å²) in [6, 6.07) is 7.14. The van der Waals surface area contributed by atoms with E-state index in [-0.39, 0.29) is 6.10 Å². The highest BCUT2D eigenvalue weighted by molar-refractivity contribution is 5.72. The zero-order valence-corrected chi connectivity index (χ0v) is 11.1. The van der Waals surface area contributed by atoms with E-state index in [9.17, 15) is 4.79 Å². The minimum atomic E-state index is -0.994. The normalized spacial score (nSPS) is 13.7. The van der Waals surface area contributed by atoms with Crippen LogP contribution in [0.25, 0.3) is 0 Å². The van der Waals surface area contributed by atoms with Gasteiger partial charge in [0.25, 0.3) is 0 Å². The van der Waals surface area contributed by atoms with Crippen LogP contribution < -0.4 is 9.47 Å². The van der Waals surface area contributed by atoms with E-state index < -0.39 is 12.1 Å². The Bertz CT molecular complexity index is 389. The molecule has 0 heterocycles. The van der Waals surface area contributed by atoms with E-state index in [0.29, 0.717) is 11.5 Å². The third kappa shape index (κ3) is 4.28. The molecule has 1 rings (SSSR count). The van der Waals surface area contributed by atoms with Crippen molar-refractivity contribution in [3.8, 4) is 11.5 Å². The number of hydrogen-bond acceptors (Lipinski definition) is 3. The Morgan fingerprint density at radius 2 is 1.78 bits per heavy atom. The SMILES string of the molecule is CCCC(C)Oc1ccccc1OC(C)C(=O)O. The summed E-state index contributed by atoms with van der Waals surface area (Å²) in [4.78, 5) is 10.8. The molecule has 4 nitrogen and oxygen atoms in total. The van der Waals surface area contributed by atoms with Crippen molar-refractivity contribution < 1.29 is 19.4 Å². The maximum absolute atomic E-state index is 10.8. The van der Waals surface area contributed by atoms with Gasteiger partial charge in [0.1, 0.15) is 0 Å². The molecule has 0 aliphatic carbocycles. The first-order chi connectivity index (χ1) is 8.54. The molecule has 18 heavy (non-hydrogen) atoms. The number of aliphatic carboxylic acids is 1.